The van der Waals surface area contributed by atoms with Crippen LogP contribution in [0.5, 0.6) is 0 Å². The monoisotopic (exact) mass is 423 g/mol. The van der Waals surface area contributed by atoms with Crippen molar-refractivity contribution in [1.82, 2.24) is 4.90 Å². The predicted octanol–water partition coefficient (Wildman–Crippen LogP) is 7.75. The Labute approximate surface area is 191 Å². The summed E-state index contributed by atoms with van der Waals surface area (Å²) in [7, 11) is 0. The maximum atomic E-state index is 10.9. The zero-order chi connectivity index (χ0) is 22.2. The summed E-state index contributed by atoms with van der Waals surface area (Å²) in [6.45, 7) is 6.20. The summed E-state index contributed by atoms with van der Waals surface area (Å²) in [6.07, 6.45) is 14.0. The lowest BCUT2D eigenvalue weighted by atomic mass is 10.0. The third-order valence-electron chi connectivity index (χ3n) is 6.44. The van der Waals surface area contributed by atoms with Gasteiger partial charge >= 0.3 is 0 Å². The third-order valence-corrected chi connectivity index (χ3v) is 6.44. The smallest absolute Gasteiger partial charge is 0.0693 e. The molecule has 0 bridgehead atoms. The SMILES string of the molecule is CCCCCCCCCCCCC(O)C(C)N(Cc1ccccc1)Cc1ccccc1. The van der Waals surface area contributed by atoms with Gasteiger partial charge in [-0.05, 0) is 24.5 Å². The molecule has 0 amide bonds. The first-order valence-electron chi connectivity index (χ1n) is 12.7. The van der Waals surface area contributed by atoms with Gasteiger partial charge in [-0.3, -0.25) is 4.90 Å². The van der Waals surface area contributed by atoms with E-state index in [1.54, 1.807) is 0 Å². The van der Waals surface area contributed by atoms with Crippen molar-refractivity contribution in [3.8, 4) is 0 Å². The molecule has 2 rings (SSSR count). The van der Waals surface area contributed by atoms with Crippen LogP contribution in [0.4, 0.5) is 0 Å². The Morgan fingerprint density at radius 3 is 1.52 bits per heavy atom. The number of rotatable bonds is 17. The summed E-state index contributed by atoms with van der Waals surface area (Å²) < 4.78 is 0. The lowest BCUT2D eigenvalue weighted by Crippen LogP contribution is -2.40. The normalized spacial score (nSPS) is 13.4. The number of unbranched alkanes of at least 4 members (excludes halogenated alkanes) is 9. The van der Waals surface area contributed by atoms with Gasteiger partial charge in [0.15, 0.2) is 0 Å². The molecule has 1 N–H and O–H groups in total. The molecule has 0 aliphatic carbocycles. The predicted molar refractivity (Wildman–Crippen MR) is 134 cm³/mol. The molecule has 0 fully saturated rings. The Morgan fingerprint density at radius 2 is 1.06 bits per heavy atom. The van der Waals surface area contributed by atoms with E-state index in [-0.39, 0.29) is 12.1 Å². The molecule has 0 saturated carbocycles. The number of hydrogen-bond donors (Lipinski definition) is 1. The van der Waals surface area contributed by atoms with Crippen LogP contribution in [-0.4, -0.2) is 22.2 Å². The van der Waals surface area contributed by atoms with Crippen LogP contribution in [0.15, 0.2) is 60.7 Å². The maximum absolute atomic E-state index is 10.9. The lowest BCUT2D eigenvalue weighted by Gasteiger charge is -2.32. The van der Waals surface area contributed by atoms with Crippen molar-refractivity contribution in [2.24, 2.45) is 0 Å². The highest BCUT2D eigenvalue weighted by Crippen LogP contribution is 2.19. The molecule has 2 nitrogen and oxygen atoms in total. The molecule has 2 atom stereocenters. The molecule has 2 aromatic carbocycles. The van der Waals surface area contributed by atoms with Crippen LogP contribution in [0.25, 0.3) is 0 Å². The first-order chi connectivity index (χ1) is 15.2. The van der Waals surface area contributed by atoms with Crippen molar-refractivity contribution >= 4 is 0 Å². The van der Waals surface area contributed by atoms with E-state index in [4.69, 9.17) is 0 Å². The summed E-state index contributed by atoms with van der Waals surface area (Å²) in [5.74, 6) is 0. The van der Waals surface area contributed by atoms with Crippen molar-refractivity contribution < 1.29 is 5.11 Å². The van der Waals surface area contributed by atoms with Gasteiger partial charge in [0.05, 0.1) is 6.10 Å². The van der Waals surface area contributed by atoms with Crippen molar-refractivity contribution in [3.05, 3.63) is 71.8 Å². The minimum atomic E-state index is -0.276. The van der Waals surface area contributed by atoms with Crippen LogP contribution in [-0.2, 0) is 13.1 Å². The summed E-state index contributed by atoms with van der Waals surface area (Å²) in [6, 6.07) is 21.4. The number of hydrogen-bond acceptors (Lipinski definition) is 2. The van der Waals surface area contributed by atoms with Gasteiger partial charge in [-0.1, -0.05) is 132 Å². The minimum Gasteiger partial charge on any atom is -0.392 e. The Morgan fingerprint density at radius 1 is 0.645 bits per heavy atom. The fourth-order valence-corrected chi connectivity index (χ4v) is 4.31. The first-order valence-corrected chi connectivity index (χ1v) is 12.7. The zero-order valence-corrected chi connectivity index (χ0v) is 20.0. The van der Waals surface area contributed by atoms with Crippen molar-refractivity contribution in [2.45, 2.75) is 110 Å². The van der Waals surface area contributed by atoms with E-state index >= 15 is 0 Å². The highest BCUT2D eigenvalue weighted by atomic mass is 16.3. The molecule has 2 aromatic rings. The van der Waals surface area contributed by atoms with Gasteiger partial charge in [0.1, 0.15) is 0 Å². The molecule has 0 radical (unpaired) electrons. The Balaban J connectivity index is 1.74. The molecule has 0 heterocycles. The zero-order valence-electron chi connectivity index (χ0n) is 20.0. The molecule has 172 valence electrons. The van der Waals surface area contributed by atoms with Crippen LogP contribution in [0.2, 0.25) is 0 Å². The van der Waals surface area contributed by atoms with Crippen molar-refractivity contribution in [2.75, 3.05) is 0 Å². The maximum Gasteiger partial charge on any atom is 0.0693 e. The molecule has 2 unspecified atom stereocenters. The molecule has 0 aromatic heterocycles. The van der Waals surface area contributed by atoms with Crippen LogP contribution >= 0.6 is 0 Å². The summed E-state index contributed by atoms with van der Waals surface area (Å²) in [4.78, 5) is 2.42. The molecule has 0 aliphatic heterocycles. The van der Waals surface area contributed by atoms with Gasteiger partial charge in [0.25, 0.3) is 0 Å². The Bertz CT molecular complexity index is 615. The molecule has 31 heavy (non-hydrogen) atoms. The molecule has 0 saturated heterocycles. The summed E-state index contributed by atoms with van der Waals surface area (Å²) in [5, 5.41) is 10.9. The fourth-order valence-electron chi connectivity index (χ4n) is 4.31. The number of nitrogens with zero attached hydrogens (tertiary/aromatic N) is 1. The summed E-state index contributed by atoms with van der Waals surface area (Å²) in [5.41, 5.74) is 2.60. The molecular weight excluding hydrogens is 378 g/mol. The average Bonchev–Trinajstić information content (AvgIpc) is 2.80. The Kier molecular flexibility index (Phi) is 13.3. The number of aliphatic hydroxyl groups excluding tert-OH is 1. The number of aliphatic hydroxyl groups is 1. The standard InChI is InChI=1S/C29H45NO/c1-3-4-5-6-7-8-9-10-11-18-23-29(31)26(2)30(24-27-19-14-12-15-20-27)25-28-21-16-13-17-22-28/h12-17,19-22,26,29,31H,3-11,18,23-25H2,1-2H3. The number of benzene rings is 2. The summed E-state index contributed by atoms with van der Waals surface area (Å²) >= 11 is 0. The average molecular weight is 424 g/mol. The lowest BCUT2D eigenvalue weighted by molar-refractivity contribution is 0.0421. The van der Waals surface area contributed by atoms with E-state index in [1.165, 1.54) is 68.9 Å². The van der Waals surface area contributed by atoms with E-state index in [0.717, 1.165) is 25.9 Å². The molecule has 2 heteroatoms. The van der Waals surface area contributed by atoms with Gasteiger partial charge in [-0.15, -0.1) is 0 Å². The van der Waals surface area contributed by atoms with E-state index in [0.29, 0.717) is 0 Å². The van der Waals surface area contributed by atoms with E-state index < -0.39 is 0 Å². The highest BCUT2D eigenvalue weighted by molar-refractivity contribution is 5.17. The van der Waals surface area contributed by atoms with E-state index in [9.17, 15) is 5.11 Å². The van der Waals surface area contributed by atoms with Gasteiger partial charge in [-0.2, -0.15) is 0 Å². The topological polar surface area (TPSA) is 23.5 Å². The molecule has 0 aliphatic rings. The second-order valence-electron chi connectivity index (χ2n) is 9.15. The highest BCUT2D eigenvalue weighted by Gasteiger charge is 2.22. The van der Waals surface area contributed by atoms with Gasteiger partial charge in [0.2, 0.25) is 0 Å². The van der Waals surface area contributed by atoms with Gasteiger partial charge < -0.3 is 5.11 Å². The second-order valence-corrected chi connectivity index (χ2v) is 9.15. The second kappa shape index (κ2) is 16.1. The molecular formula is C29H45NO. The van der Waals surface area contributed by atoms with Crippen molar-refractivity contribution in [3.63, 3.8) is 0 Å². The fraction of sp³-hybridized carbons (Fsp3) is 0.586. The van der Waals surface area contributed by atoms with Crippen LogP contribution < -0.4 is 0 Å². The van der Waals surface area contributed by atoms with Gasteiger partial charge in [-0.25, -0.2) is 0 Å². The van der Waals surface area contributed by atoms with Crippen LogP contribution in [0.1, 0.15) is 95.6 Å². The Hall–Kier alpha value is -1.64. The third kappa shape index (κ3) is 11.0. The van der Waals surface area contributed by atoms with E-state index in [2.05, 4.69) is 79.4 Å². The minimum absolute atomic E-state index is 0.138. The molecule has 0 spiro atoms. The van der Waals surface area contributed by atoms with Crippen molar-refractivity contribution in [1.29, 1.82) is 0 Å². The quantitative estimate of drug-likeness (QED) is 0.263. The largest absolute Gasteiger partial charge is 0.392 e. The van der Waals surface area contributed by atoms with Crippen LogP contribution in [0.3, 0.4) is 0 Å². The van der Waals surface area contributed by atoms with E-state index in [1.807, 2.05) is 0 Å². The van der Waals surface area contributed by atoms with Gasteiger partial charge in [0, 0.05) is 19.1 Å². The van der Waals surface area contributed by atoms with Crippen LogP contribution in [0, 0.1) is 0 Å². The first kappa shape index (κ1) is 25.6.